The summed E-state index contributed by atoms with van der Waals surface area (Å²) in [6.07, 6.45) is 1.53. The monoisotopic (exact) mass is 526 g/mol. The van der Waals surface area contributed by atoms with Crippen molar-refractivity contribution >= 4 is 22.4 Å². The number of aromatic nitrogens is 1. The molecule has 0 radical (unpaired) electrons. The van der Waals surface area contributed by atoms with Crippen molar-refractivity contribution in [2.75, 3.05) is 32.8 Å². The molecule has 0 spiro atoms. The lowest BCUT2D eigenvalue weighted by Gasteiger charge is -2.22. The Morgan fingerprint density at radius 1 is 1.00 bits per heavy atom. The number of aliphatic hydroxyl groups is 1. The van der Waals surface area contributed by atoms with E-state index in [0.717, 1.165) is 0 Å². The van der Waals surface area contributed by atoms with Crippen molar-refractivity contribution in [1.82, 2.24) is 4.98 Å². The van der Waals surface area contributed by atoms with Gasteiger partial charge in [0.2, 0.25) is 0 Å². The molecule has 1 aromatic heterocycles. The minimum Gasteiger partial charge on any atom is -0.497 e. The fraction of sp³-hybridized carbons (Fsp3) is 0.276. The fourth-order valence-electron chi connectivity index (χ4n) is 4.12. The molecule has 0 aliphatic heterocycles. The minimum absolute atomic E-state index is 0.0704. The van der Waals surface area contributed by atoms with E-state index < -0.39 is 23.5 Å². The summed E-state index contributed by atoms with van der Waals surface area (Å²) in [4.78, 5) is 17.0. The largest absolute Gasteiger partial charge is 0.497 e. The normalized spacial score (nSPS) is 11.4. The third-order valence-corrected chi connectivity index (χ3v) is 5.77. The highest BCUT2D eigenvalue weighted by molar-refractivity contribution is 6.12. The Labute approximate surface area is 220 Å². The van der Waals surface area contributed by atoms with Crippen LogP contribution in [0, 0.1) is 18.6 Å². The predicted molar refractivity (Wildman–Crippen MR) is 144 cm³/mol. The maximum Gasteiger partial charge on any atom is 0.191 e. The average Bonchev–Trinajstić information content (AvgIpc) is 3.35. The number of methoxy groups -OCH3 is 2. The molecule has 9 heteroatoms. The van der Waals surface area contributed by atoms with Crippen molar-refractivity contribution < 1.29 is 32.9 Å². The van der Waals surface area contributed by atoms with Crippen molar-refractivity contribution in [3.05, 3.63) is 83.1 Å². The number of rotatable bonds is 10. The molecule has 3 N–H and O–H groups in total. The molecule has 0 aliphatic carbocycles. The highest BCUT2D eigenvalue weighted by Gasteiger charge is 2.28. The molecule has 4 rings (SSSR count). The van der Waals surface area contributed by atoms with Gasteiger partial charge in [-0.15, -0.1) is 0 Å². The van der Waals surface area contributed by atoms with Crippen LogP contribution in [0.5, 0.6) is 17.2 Å². The van der Waals surface area contributed by atoms with E-state index in [1.807, 2.05) is 13.8 Å². The maximum atomic E-state index is 14.2. The van der Waals surface area contributed by atoms with Crippen LogP contribution in [0.15, 0.2) is 54.7 Å². The molecule has 38 heavy (non-hydrogen) atoms. The Morgan fingerprint density at radius 3 is 2.42 bits per heavy atom. The van der Waals surface area contributed by atoms with E-state index in [0.29, 0.717) is 39.2 Å². The number of aromatic amines is 1. The summed E-state index contributed by atoms with van der Waals surface area (Å²) in [6.45, 7) is 5.64. The molecule has 1 unspecified atom stereocenters. The smallest absolute Gasteiger partial charge is 0.191 e. The lowest BCUT2D eigenvalue weighted by molar-refractivity contribution is 0.0970. The summed E-state index contributed by atoms with van der Waals surface area (Å²) >= 11 is 0. The van der Waals surface area contributed by atoms with Gasteiger partial charge in [-0.05, 0) is 36.8 Å². The van der Waals surface area contributed by atoms with Gasteiger partial charge in [0, 0.05) is 58.2 Å². The number of ketones is 1. The van der Waals surface area contributed by atoms with E-state index in [2.05, 4.69) is 10.3 Å². The molecule has 4 aromatic rings. The summed E-state index contributed by atoms with van der Waals surface area (Å²) in [5.41, 5.74) is 2.41. The molecular weight excluding hydrogens is 494 g/mol. The maximum absolute atomic E-state index is 14.2. The molecule has 0 fully saturated rings. The summed E-state index contributed by atoms with van der Waals surface area (Å²) in [6, 6.07) is 10.5. The van der Waals surface area contributed by atoms with E-state index in [-0.39, 0.29) is 24.5 Å². The summed E-state index contributed by atoms with van der Waals surface area (Å²) in [5, 5.41) is 12.7. The number of aryl methyl sites for hydroxylation is 1. The highest BCUT2D eigenvalue weighted by Crippen LogP contribution is 2.36. The lowest BCUT2D eigenvalue weighted by atomic mass is 9.95. The molecule has 7 nitrogen and oxygen atoms in total. The number of fused-ring (bicyclic) bond motifs is 1. The fourth-order valence-corrected chi connectivity index (χ4v) is 4.12. The quantitative estimate of drug-likeness (QED) is 0.213. The van der Waals surface area contributed by atoms with Crippen LogP contribution >= 0.6 is 0 Å². The van der Waals surface area contributed by atoms with Crippen molar-refractivity contribution in [2.45, 2.75) is 26.8 Å². The predicted octanol–water partition coefficient (Wildman–Crippen LogP) is 6.21. The number of benzene rings is 3. The van der Waals surface area contributed by atoms with Gasteiger partial charge in [-0.2, -0.15) is 0 Å². The molecule has 0 saturated heterocycles. The van der Waals surface area contributed by atoms with Gasteiger partial charge in [0.1, 0.15) is 41.5 Å². The molecule has 0 bridgehead atoms. The Morgan fingerprint density at radius 2 is 1.74 bits per heavy atom. The molecule has 202 valence electrons. The zero-order chi connectivity index (χ0) is 27.8. The number of hydrogen-bond acceptors (Lipinski definition) is 6. The first-order valence-corrected chi connectivity index (χ1v) is 12.2. The molecular formula is C29H32F2N2O5. The Hall–Kier alpha value is -4.11. The van der Waals surface area contributed by atoms with Crippen LogP contribution in [0.3, 0.4) is 0 Å². The van der Waals surface area contributed by atoms with Crippen LogP contribution in [-0.2, 0) is 0 Å². The molecule has 1 heterocycles. The Bertz CT molecular complexity index is 1400. The van der Waals surface area contributed by atoms with E-state index >= 15 is 0 Å². The first-order valence-electron chi connectivity index (χ1n) is 12.2. The second-order valence-corrected chi connectivity index (χ2v) is 8.14. The number of anilines is 1. The second-order valence-electron chi connectivity index (χ2n) is 8.14. The standard InChI is InChI=1S/C27H26F2N2O5.C2H6/c1-15-8-17(29)9-22-23(14-30-25(15)22)27(33)26(21-5-4-16(28)10-24(21)35-3)31-18-11-19(34-2)13-20(12-18)36-7-6-32;1-2/h4-5,8-14,26,30-32H,6-7H2,1-3H3;1-2H3. The van der Waals surface area contributed by atoms with Gasteiger partial charge >= 0.3 is 0 Å². The van der Waals surface area contributed by atoms with E-state index in [9.17, 15) is 13.6 Å². The molecule has 0 saturated carbocycles. The Kier molecular flexibility index (Phi) is 9.67. The number of ether oxygens (including phenoxy) is 3. The van der Waals surface area contributed by atoms with Gasteiger partial charge in [0.15, 0.2) is 5.78 Å². The van der Waals surface area contributed by atoms with Crippen LogP contribution in [0.1, 0.15) is 41.4 Å². The zero-order valence-electron chi connectivity index (χ0n) is 22.0. The van der Waals surface area contributed by atoms with Gasteiger partial charge in [0.05, 0.1) is 20.8 Å². The van der Waals surface area contributed by atoms with Gasteiger partial charge in [0.25, 0.3) is 0 Å². The summed E-state index contributed by atoms with van der Waals surface area (Å²) < 4.78 is 44.5. The third-order valence-electron chi connectivity index (χ3n) is 5.77. The molecule has 3 aromatic carbocycles. The SMILES string of the molecule is CC.COc1cc(NC(C(=O)c2c[nH]c3c(C)cc(F)cc23)c2ccc(F)cc2OC)cc(OCCO)c1. The van der Waals surface area contributed by atoms with E-state index in [1.165, 1.54) is 50.7 Å². The Balaban J connectivity index is 0.00000195. The molecule has 0 amide bonds. The first-order chi connectivity index (χ1) is 18.3. The van der Waals surface area contributed by atoms with Gasteiger partial charge in [-0.25, -0.2) is 8.78 Å². The number of nitrogens with one attached hydrogen (secondary N) is 2. The number of aliphatic hydroxyl groups excluding tert-OH is 1. The van der Waals surface area contributed by atoms with Gasteiger partial charge < -0.3 is 29.6 Å². The number of H-pyrrole nitrogens is 1. The number of hydrogen-bond donors (Lipinski definition) is 3. The second kappa shape index (κ2) is 12.9. The van der Waals surface area contributed by atoms with Crippen LogP contribution < -0.4 is 19.5 Å². The number of carbonyl (C=O) groups is 1. The number of halogens is 2. The van der Waals surface area contributed by atoms with Crippen molar-refractivity contribution in [3.8, 4) is 17.2 Å². The van der Waals surface area contributed by atoms with Crippen molar-refractivity contribution in [1.29, 1.82) is 0 Å². The van der Waals surface area contributed by atoms with Crippen LogP contribution in [-0.4, -0.2) is 43.3 Å². The number of carbonyl (C=O) groups excluding carboxylic acids is 1. The van der Waals surface area contributed by atoms with Gasteiger partial charge in [-0.1, -0.05) is 13.8 Å². The lowest BCUT2D eigenvalue weighted by Crippen LogP contribution is -2.22. The van der Waals surface area contributed by atoms with Crippen LogP contribution in [0.2, 0.25) is 0 Å². The van der Waals surface area contributed by atoms with E-state index in [1.54, 1.807) is 25.1 Å². The number of Topliss-reactive ketones (excluding diaryl/α,β-unsaturated/α-hetero) is 1. The first kappa shape index (κ1) is 28.5. The van der Waals surface area contributed by atoms with Crippen molar-refractivity contribution in [2.24, 2.45) is 0 Å². The third kappa shape index (κ3) is 6.23. The summed E-state index contributed by atoms with van der Waals surface area (Å²) in [5.74, 6) is -0.342. The van der Waals surface area contributed by atoms with Crippen LogP contribution in [0.4, 0.5) is 14.5 Å². The minimum atomic E-state index is -1.04. The van der Waals surface area contributed by atoms with Gasteiger partial charge in [-0.3, -0.25) is 4.79 Å². The molecule has 1 atom stereocenters. The molecule has 0 aliphatic rings. The topological polar surface area (TPSA) is 92.8 Å². The summed E-state index contributed by atoms with van der Waals surface area (Å²) in [7, 11) is 2.88. The average molecular weight is 527 g/mol. The highest BCUT2D eigenvalue weighted by atomic mass is 19.1. The zero-order valence-corrected chi connectivity index (χ0v) is 22.0. The van der Waals surface area contributed by atoms with Crippen molar-refractivity contribution in [3.63, 3.8) is 0 Å². The van der Waals surface area contributed by atoms with E-state index in [4.69, 9.17) is 19.3 Å². The van der Waals surface area contributed by atoms with Crippen LogP contribution in [0.25, 0.3) is 10.9 Å².